The van der Waals surface area contributed by atoms with Crippen LogP contribution < -0.4 is 10.6 Å². The van der Waals surface area contributed by atoms with Crippen molar-refractivity contribution in [2.24, 2.45) is 0 Å². The van der Waals surface area contributed by atoms with Gasteiger partial charge in [0.25, 0.3) is 0 Å². The van der Waals surface area contributed by atoms with Crippen LogP contribution in [0.4, 0.5) is 29.3 Å². The van der Waals surface area contributed by atoms with Crippen molar-refractivity contribution in [2.45, 2.75) is 12.8 Å². The van der Waals surface area contributed by atoms with Crippen LogP contribution in [0.3, 0.4) is 0 Å². The van der Waals surface area contributed by atoms with Crippen LogP contribution >= 0.6 is 0 Å². The minimum Gasteiger partial charge on any atom is -0.380 e. The van der Waals surface area contributed by atoms with Gasteiger partial charge in [0.05, 0.1) is 17.9 Å². The summed E-state index contributed by atoms with van der Waals surface area (Å²) in [4.78, 5) is 15.5. The molecule has 0 saturated carbocycles. The van der Waals surface area contributed by atoms with Gasteiger partial charge in [0, 0.05) is 29.9 Å². The second-order valence-corrected chi connectivity index (χ2v) is 7.25. The predicted molar refractivity (Wildman–Crippen MR) is 119 cm³/mol. The van der Waals surface area contributed by atoms with E-state index < -0.39 is 17.8 Å². The number of alkyl halides is 3. The molecule has 3 aromatic carbocycles. The third-order valence-corrected chi connectivity index (χ3v) is 4.97. The molecule has 0 radical (unpaired) electrons. The number of amides is 2. The quantitative estimate of drug-likeness (QED) is 0.326. The zero-order valence-corrected chi connectivity index (χ0v) is 17.1. The van der Waals surface area contributed by atoms with Crippen molar-refractivity contribution in [3.05, 3.63) is 84.1 Å². The lowest BCUT2D eigenvalue weighted by Crippen LogP contribution is -2.19. The van der Waals surface area contributed by atoms with Gasteiger partial charge in [-0.2, -0.15) is 13.2 Å². The second kappa shape index (κ2) is 8.76. The van der Waals surface area contributed by atoms with E-state index >= 15 is 0 Å². The van der Waals surface area contributed by atoms with Crippen LogP contribution in [0.5, 0.6) is 0 Å². The highest BCUT2D eigenvalue weighted by Crippen LogP contribution is 2.31. The molecule has 0 bridgehead atoms. The lowest BCUT2D eigenvalue weighted by atomic mass is 10.0. The Labute approximate surface area is 182 Å². The smallest absolute Gasteiger partial charge is 0.380 e. The minimum absolute atomic E-state index is 0.256. The maximum atomic E-state index is 12.7. The number of H-pyrrole nitrogens is 1. The van der Waals surface area contributed by atoms with Gasteiger partial charge >= 0.3 is 12.2 Å². The molecule has 1 heterocycles. The summed E-state index contributed by atoms with van der Waals surface area (Å²) in [5, 5.41) is 6.10. The Morgan fingerprint density at radius 1 is 0.969 bits per heavy atom. The van der Waals surface area contributed by atoms with E-state index in [0.717, 1.165) is 39.7 Å². The highest BCUT2D eigenvalue weighted by molar-refractivity contribution is 6.06. The van der Waals surface area contributed by atoms with Crippen molar-refractivity contribution < 1.29 is 22.7 Å². The van der Waals surface area contributed by atoms with Crippen LogP contribution in [-0.4, -0.2) is 18.1 Å². The van der Waals surface area contributed by atoms with Crippen LogP contribution in [0.15, 0.2) is 72.9 Å². The number of hydrogen-bond donors (Lipinski definition) is 3. The number of rotatable bonds is 5. The predicted octanol–water partition coefficient (Wildman–Crippen LogP) is 6.64. The molecule has 0 saturated heterocycles. The third-order valence-electron chi connectivity index (χ3n) is 4.97. The summed E-state index contributed by atoms with van der Waals surface area (Å²) in [6, 6.07) is 17.6. The number of urea groups is 1. The van der Waals surface area contributed by atoms with E-state index in [-0.39, 0.29) is 5.69 Å². The fourth-order valence-electron chi connectivity index (χ4n) is 3.44. The zero-order valence-electron chi connectivity index (χ0n) is 17.1. The average molecular weight is 439 g/mol. The maximum absolute atomic E-state index is 12.7. The Morgan fingerprint density at radius 3 is 2.44 bits per heavy atom. The number of methoxy groups -OCH3 is 1. The molecule has 0 spiro atoms. The minimum atomic E-state index is -4.42. The maximum Gasteiger partial charge on any atom is 0.416 e. The molecule has 4 aromatic rings. The summed E-state index contributed by atoms with van der Waals surface area (Å²) in [6.45, 7) is 0.511. The Kier molecular flexibility index (Phi) is 5.87. The van der Waals surface area contributed by atoms with Crippen molar-refractivity contribution in [1.29, 1.82) is 0 Å². The third kappa shape index (κ3) is 4.76. The van der Waals surface area contributed by atoms with Gasteiger partial charge in [-0.25, -0.2) is 4.79 Å². The molecule has 2 amide bonds. The van der Waals surface area contributed by atoms with Crippen molar-refractivity contribution in [3.63, 3.8) is 0 Å². The average Bonchev–Trinajstić information content (AvgIpc) is 3.16. The Balaban J connectivity index is 1.52. The number of halogens is 3. The Morgan fingerprint density at radius 2 is 1.72 bits per heavy atom. The summed E-state index contributed by atoms with van der Waals surface area (Å²) in [6.07, 6.45) is -2.76. The fourth-order valence-corrected chi connectivity index (χ4v) is 3.44. The summed E-state index contributed by atoms with van der Waals surface area (Å²) >= 11 is 0. The number of nitrogens with one attached hydrogen (secondary N) is 3. The van der Waals surface area contributed by atoms with Crippen LogP contribution in [0.1, 0.15) is 11.1 Å². The van der Waals surface area contributed by atoms with Gasteiger partial charge in [-0.05, 0) is 59.2 Å². The number of fused-ring (bicyclic) bond motifs is 1. The van der Waals surface area contributed by atoms with Gasteiger partial charge in [0.15, 0.2) is 0 Å². The number of benzene rings is 3. The highest BCUT2D eigenvalue weighted by atomic mass is 19.4. The van der Waals surface area contributed by atoms with Gasteiger partial charge in [-0.1, -0.05) is 24.3 Å². The van der Waals surface area contributed by atoms with Crippen molar-refractivity contribution in [1.82, 2.24) is 4.98 Å². The van der Waals surface area contributed by atoms with Gasteiger partial charge in [-0.3, -0.25) is 0 Å². The lowest BCUT2D eigenvalue weighted by molar-refractivity contribution is -0.137. The summed E-state index contributed by atoms with van der Waals surface area (Å²) in [5.41, 5.74) is 3.91. The molecule has 1 aromatic heterocycles. The lowest BCUT2D eigenvalue weighted by Gasteiger charge is -2.10. The number of ether oxygens (including phenoxy) is 1. The van der Waals surface area contributed by atoms with Crippen molar-refractivity contribution in [2.75, 3.05) is 17.7 Å². The van der Waals surface area contributed by atoms with E-state index in [9.17, 15) is 18.0 Å². The largest absolute Gasteiger partial charge is 0.416 e. The van der Waals surface area contributed by atoms with Gasteiger partial charge in [0.2, 0.25) is 0 Å². The summed E-state index contributed by atoms with van der Waals surface area (Å²) in [5.74, 6) is 0. The number of aromatic nitrogens is 1. The molecular formula is C24H20F3N3O2. The van der Waals surface area contributed by atoms with Crippen molar-refractivity contribution in [3.8, 4) is 11.1 Å². The molecule has 0 unspecified atom stereocenters. The highest BCUT2D eigenvalue weighted by Gasteiger charge is 2.30. The standard InChI is InChI=1S/C24H20F3N3O2/c1-32-14-15-3-2-4-16(11-15)17-5-10-21-20(12-17)22(13-28-21)30-23(31)29-19-8-6-18(7-9-19)24(25,26)27/h2-13,28H,14H2,1H3,(H2,29,30,31). The first-order valence-electron chi connectivity index (χ1n) is 9.78. The van der Waals surface area contributed by atoms with Gasteiger partial charge in [-0.15, -0.1) is 0 Å². The van der Waals surface area contributed by atoms with E-state index in [1.54, 1.807) is 13.3 Å². The molecule has 3 N–H and O–H groups in total. The SMILES string of the molecule is COCc1cccc(-c2ccc3[nH]cc(NC(=O)Nc4ccc(C(F)(F)F)cc4)c3c2)c1. The Bertz CT molecular complexity index is 1250. The second-order valence-electron chi connectivity index (χ2n) is 7.25. The molecule has 0 fully saturated rings. The van der Waals surface area contributed by atoms with E-state index in [1.807, 2.05) is 42.5 Å². The molecule has 0 aliphatic rings. The molecule has 164 valence electrons. The molecule has 4 rings (SSSR count). The summed E-state index contributed by atoms with van der Waals surface area (Å²) < 4.78 is 43.3. The monoisotopic (exact) mass is 439 g/mol. The molecule has 0 aliphatic carbocycles. The number of anilines is 2. The van der Waals surface area contributed by atoms with Gasteiger partial charge in [0.1, 0.15) is 0 Å². The zero-order chi connectivity index (χ0) is 22.7. The van der Waals surface area contributed by atoms with E-state index in [1.165, 1.54) is 12.1 Å². The molecule has 0 atom stereocenters. The molecule has 8 heteroatoms. The van der Waals surface area contributed by atoms with E-state index in [0.29, 0.717) is 12.3 Å². The van der Waals surface area contributed by atoms with Crippen molar-refractivity contribution >= 4 is 28.3 Å². The first-order valence-corrected chi connectivity index (χ1v) is 9.78. The first kappa shape index (κ1) is 21.5. The summed E-state index contributed by atoms with van der Waals surface area (Å²) in [7, 11) is 1.65. The Hall–Kier alpha value is -3.78. The number of aromatic amines is 1. The molecule has 32 heavy (non-hydrogen) atoms. The number of hydrogen-bond acceptors (Lipinski definition) is 2. The topological polar surface area (TPSA) is 66.1 Å². The van der Waals surface area contributed by atoms with E-state index in [4.69, 9.17) is 4.74 Å². The number of carbonyl (C=O) groups excluding carboxylic acids is 1. The molecular weight excluding hydrogens is 419 g/mol. The first-order chi connectivity index (χ1) is 15.3. The van der Waals surface area contributed by atoms with Crippen LogP contribution in [0, 0.1) is 0 Å². The van der Waals surface area contributed by atoms with Gasteiger partial charge < -0.3 is 20.4 Å². The molecule has 0 aliphatic heterocycles. The van der Waals surface area contributed by atoms with Crippen LogP contribution in [-0.2, 0) is 17.5 Å². The fraction of sp³-hybridized carbons (Fsp3) is 0.125. The molecule has 5 nitrogen and oxygen atoms in total. The van der Waals surface area contributed by atoms with Crippen LogP contribution in [0.25, 0.3) is 22.0 Å². The number of carbonyl (C=O) groups is 1. The normalized spacial score (nSPS) is 11.5. The van der Waals surface area contributed by atoms with Crippen LogP contribution in [0.2, 0.25) is 0 Å². The van der Waals surface area contributed by atoms with E-state index in [2.05, 4.69) is 15.6 Å².